The van der Waals surface area contributed by atoms with Crippen LogP contribution >= 0.6 is 22.9 Å². The zero-order valence-electron chi connectivity index (χ0n) is 8.20. The maximum Gasteiger partial charge on any atom is 0.327 e. The normalized spacial score (nSPS) is 11.1. The van der Waals surface area contributed by atoms with E-state index in [1.165, 1.54) is 11.3 Å². The smallest absolute Gasteiger partial charge is 0.327 e. The molecule has 0 aliphatic rings. The third kappa shape index (κ3) is 1.69. The van der Waals surface area contributed by atoms with Crippen LogP contribution in [0.1, 0.15) is 0 Å². The standard InChI is InChI=1S/C9H5ClN4O2S/c10-4-2-1-3(17-4)6-11-5-7(12-6)13-9(16)14-8(5)15/h1-2H,(H3,11,12,13,14,15,16). The van der Waals surface area contributed by atoms with Crippen molar-refractivity contribution in [3.05, 3.63) is 37.3 Å². The Morgan fingerprint density at radius 2 is 2.00 bits per heavy atom. The fourth-order valence-electron chi connectivity index (χ4n) is 1.49. The summed E-state index contributed by atoms with van der Waals surface area (Å²) in [4.78, 5) is 34.9. The van der Waals surface area contributed by atoms with Gasteiger partial charge in [0.25, 0.3) is 5.56 Å². The van der Waals surface area contributed by atoms with E-state index in [9.17, 15) is 9.59 Å². The van der Waals surface area contributed by atoms with Gasteiger partial charge < -0.3 is 4.98 Å². The maximum atomic E-state index is 11.5. The SMILES string of the molecule is O=c1[nH]c(=O)c2[nH]c(-c3ccc(Cl)s3)nc2[nH]1. The minimum absolute atomic E-state index is 0.235. The average Bonchev–Trinajstić information content (AvgIpc) is 2.83. The van der Waals surface area contributed by atoms with Crippen molar-refractivity contribution in [2.45, 2.75) is 0 Å². The molecule has 6 nitrogen and oxygen atoms in total. The first-order valence-electron chi connectivity index (χ1n) is 4.61. The highest BCUT2D eigenvalue weighted by molar-refractivity contribution is 7.19. The van der Waals surface area contributed by atoms with E-state index < -0.39 is 11.2 Å². The Morgan fingerprint density at radius 1 is 1.18 bits per heavy atom. The van der Waals surface area contributed by atoms with E-state index in [-0.39, 0.29) is 11.2 Å². The van der Waals surface area contributed by atoms with Gasteiger partial charge in [0.1, 0.15) is 5.52 Å². The Bertz CT molecular complexity index is 812. The lowest BCUT2D eigenvalue weighted by Gasteiger charge is -1.85. The van der Waals surface area contributed by atoms with Crippen molar-refractivity contribution in [1.29, 1.82) is 0 Å². The molecule has 0 spiro atoms. The minimum Gasteiger partial charge on any atom is -0.331 e. The van der Waals surface area contributed by atoms with Crippen molar-refractivity contribution >= 4 is 34.1 Å². The molecular formula is C9H5ClN4O2S. The molecule has 3 heterocycles. The lowest BCUT2D eigenvalue weighted by molar-refractivity contribution is 1.07. The number of imidazole rings is 1. The quantitative estimate of drug-likeness (QED) is 0.621. The van der Waals surface area contributed by atoms with E-state index in [1.807, 2.05) is 0 Å². The second-order valence-corrected chi connectivity index (χ2v) is 5.04. The number of hydrogen-bond donors (Lipinski definition) is 3. The van der Waals surface area contributed by atoms with Gasteiger partial charge in [0, 0.05) is 0 Å². The number of H-pyrrole nitrogens is 3. The van der Waals surface area contributed by atoms with E-state index in [2.05, 4.69) is 19.9 Å². The lowest BCUT2D eigenvalue weighted by Crippen LogP contribution is -2.21. The highest BCUT2D eigenvalue weighted by Gasteiger charge is 2.10. The van der Waals surface area contributed by atoms with Crippen LogP contribution < -0.4 is 11.2 Å². The van der Waals surface area contributed by atoms with Gasteiger partial charge in [-0.05, 0) is 12.1 Å². The van der Waals surface area contributed by atoms with Crippen molar-refractivity contribution in [1.82, 2.24) is 19.9 Å². The predicted molar refractivity (Wildman–Crippen MR) is 65.7 cm³/mol. The molecule has 8 heteroatoms. The molecule has 0 saturated heterocycles. The summed E-state index contributed by atoms with van der Waals surface area (Å²) >= 11 is 7.15. The first-order valence-corrected chi connectivity index (χ1v) is 5.81. The van der Waals surface area contributed by atoms with Crippen LogP contribution in [-0.4, -0.2) is 19.9 Å². The third-order valence-electron chi connectivity index (χ3n) is 2.20. The molecule has 3 rings (SSSR count). The van der Waals surface area contributed by atoms with Crippen molar-refractivity contribution in [3.63, 3.8) is 0 Å². The molecule has 0 saturated carbocycles. The topological polar surface area (TPSA) is 94.4 Å². The molecule has 0 radical (unpaired) electrons. The van der Waals surface area contributed by atoms with Gasteiger partial charge in [0.15, 0.2) is 11.5 Å². The maximum absolute atomic E-state index is 11.5. The molecule has 0 amide bonds. The minimum atomic E-state index is -0.579. The molecule has 0 fully saturated rings. The van der Waals surface area contributed by atoms with Gasteiger partial charge in [-0.3, -0.25) is 14.8 Å². The number of nitrogens with zero attached hydrogens (tertiary/aromatic N) is 1. The molecule has 0 aliphatic carbocycles. The number of hydrogen-bond acceptors (Lipinski definition) is 4. The van der Waals surface area contributed by atoms with Crippen LogP contribution in [0, 0.1) is 0 Å². The van der Waals surface area contributed by atoms with Gasteiger partial charge in [0.05, 0.1) is 9.21 Å². The molecule has 0 aliphatic heterocycles. The molecule has 3 aromatic rings. The first kappa shape index (κ1) is 10.3. The Morgan fingerprint density at radius 3 is 2.71 bits per heavy atom. The second-order valence-electron chi connectivity index (χ2n) is 3.32. The lowest BCUT2D eigenvalue weighted by atomic mass is 10.4. The highest BCUT2D eigenvalue weighted by Crippen LogP contribution is 2.29. The van der Waals surface area contributed by atoms with Crippen LogP contribution in [0.5, 0.6) is 0 Å². The highest BCUT2D eigenvalue weighted by atomic mass is 35.5. The number of halogens is 1. The van der Waals surface area contributed by atoms with Gasteiger partial charge in [0.2, 0.25) is 0 Å². The first-order chi connectivity index (χ1) is 8.13. The summed E-state index contributed by atoms with van der Waals surface area (Å²) in [7, 11) is 0. The predicted octanol–water partition coefficient (Wildman–Crippen LogP) is 1.32. The molecular weight excluding hydrogens is 264 g/mol. The zero-order valence-corrected chi connectivity index (χ0v) is 9.78. The number of fused-ring (bicyclic) bond motifs is 1. The average molecular weight is 269 g/mol. The van der Waals surface area contributed by atoms with Crippen molar-refractivity contribution in [2.24, 2.45) is 0 Å². The van der Waals surface area contributed by atoms with E-state index in [1.54, 1.807) is 12.1 Å². The van der Waals surface area contributed by atoms with Gasteiger partial charge in [-0.1, -0.05) is 11.6 Å². The van der Waals surface area contributed by atoms with Crippen LogP contribution in [0.15, 0.2) is 21.7 Å². The fourth-order valence-corrected chi connectivity index (χ4v) is 2.48. The number of rotatable bonds is 1. The van der Waals surface area contributed by atoms with Crippen LogP contribution in [0.25, 0.3) is 21.9 Å². The molecule has 3 aromatic heterocycles. The Balaban J connectivity index is 2.30. The molecule has 17 heavy (non-hydrogen) atoms. The third-order valence-corrected chi connectivity index (χ3v) is 3.43. The van der Waals surface area contributed by atoms with Crippen LogP contribution in [0.4, 0.5) is 0 Å². The molecule has 0 bridgehead atoms. The van der Waals surface area contributed by atoms with Gasteiger partial charge >= 0.3 is 5.69 Å². The summed E-state index contributed by atoms with van der Waals surface area (Å²) in [5.74, 6) is 0.504. The van der Waals surface area contributed by atoms with E-state index >= 15 is 0 Å². The monoisotopic (exact) mass is 268 g/mol. The summed E-state index contributed by atoms with van der Waals surface area (Å²) in [6, 6.07) is 3.53. The summed E-state index contributed by atoms with van der Waals surface area (Å²) in [6.45, 7) is 0. The van der Waals surface area contributed by atoms with Crippen LogP contribution in [0.3, 0.4) is 0 Å². The van der Waals surface area contributed by atoms with Crippen LogP contribution in [0.2, 0.25) is 4.34 Å². The Labute approximate surface area is 102 Å². The number of nitrogens with one attached hydrogen (secondary N) is 3. The largest absolute Gasteiger partial charge is 0.331 e. The molecule has 0 unspecified atom stereocenters. The van der Waals surface area contributed by atoms with E-state index in [0.717, 1.165) is 4.88 Å². The number of thiophene rings is 1. The van der Waals surface area contributed by atoms with Crippen LogP contribution in [-0.2, 0) is 0 Å². The Hall–Kier alpha value is -1.86. The van der Waals surface area contributed by atoms with E-state index in [0.29, 0.717) is 10.2 Å². The molecule has 0 atom stereocenters. The van der Waals surface area contributed by atoms with E-state index in [4.69, 9.17) is 11.6 Å². The van der Waals surface area contributed by atoms with Gasteiger partial charge in [-0.2, -0.15) is 0 Å². The van der Waals surface area contributed by atoms with Crippen molar-refractivity contribution in [2.75, 3.05) is 0 Å². The summed E-state index contributed by atoms with van der Waals surface area (Å²) in [6.07, 6.45) is 0. The number of aromatic nitrogens is 4. The summed E-state index contributed by atoms with van der Waals surface area (Å²) < 4.78 is 0.628. The fraction of sp³-hybridized carbons (Fsp3) is 0. The zero-order chi connectivity index (χ0) is 12.0. The summed E-state index contributed by atoms with van der Waals surface area (Å²) in [5, 5.41) is 0. The van der Waals surface area contributed by atoms with Gasteiger partial charge in [-0.15, -0.1) is 11.3 Å². The van der Waals surface area contributed by atoms with Gasteiger partial charge in [-0.25, -0.2) is 9.78 Å². The molecule has 86 valence electrons. The molecule has 0 aromatic carbocycles. The second kappa shape index (κ2) is 3.57. The summed E-state index contributed by atoms with van der Waals surface area (Å²) in [5.41, 5.74) is -0.600. The van der Waals surface area contributed by atoms with Crippen molar-refractivity contribution < 1.29 is 0 Å². The number of aromatic amines is 3. The van der Waals surface area contributed by atoms with Crippen molar-refractivity contribution in [3.8, 4) is 10.7 Å². The molecule has 3 N–H and O–H groups in total. The Kier molecular flexibility index (Phi) is 2.17.